The second-order valence-electron chi connectivity index (χ2n) is 5.50. The lowest BCUT2D eigenvalue weighted by Crippen LogP contribution is -2.24. The fourth-order valence-electron chi connectivity index (χ4n) is 1.36. The maximum Gasteiger partial charge on any atom is 0.335 e. The van der Waals surface area contributed by atoms with Crippen LogP contribution in [0.5, 0.6) is 0 Å². The molecule has 0 amide bonds. The predicted molar refractivity (Wildman–Crippen MR) is 73.1 cm³/mol. The number of carbonyl (C=O) groups excluding carboxylic acids is 1. The van der Waals surface area contributed by atoms with Crippen LogP contribution in [-0.4, -0.2) is 28.8 Å². The Bertz CT molecular complexity index is 415. The average molecular weight is 284 g/mol. The highest BCUT2D eigenvalue weighted by Crippen LogP contribution is 2.10. The number of carbonyl (C=O) groups is 1. The Labute approximate surface area is 119 Å². The van der Waals surface area contributed by atoms with Crippen molar-refractivity contribution in [3.05, 3.63) is 11.7 Å². The molecular weight excluding hydrogens is 260 g/mol. The van der Waals surface area contributed by atoms with Gasteiger partial charge in [0.2, 0.25) is 0 Å². The molecular formula is C14H24N2O4. The second-order valence-corrected chi connectivity index (χ2v) is 5.50. The molecule has 0 aliphatic carbocycles. The third-order valence-electron chi connectivity index (χ3n) is 2.73. The van der Waals surface area contributed by atoms with Crippen LogP contribution in [-0.2, 0) is 20.9 Å². The van der Waals surface area contributed by atoms with Gasteiger partial charge in [0.15, 0.2) is 18.5 Å². The summed E-state index contributed by atoms with van der Waals surface area (Å²) in [7, 11) is 0. The van der Waals surface area contributed by atoms with E-state index >= 15 is 0 Å². The van der Waals surface area contributed by atoms with Crippen molar-refractivity contribution in [1.29, 1.82) is 0 Å². The van der Waals surface area contributed by atoms with Crippen molar-refractivity contribution in [2.24, 2.45) is 5.92 Å². The zero-order valence-corrected chi connectivity index (χ0v) is 12.9. The zero-order valence-electron chi connectivity index (χ0n) is 12.9. The monoisotopic (exact) mass is 284 g/mol. The fraction of sp³-hybridized carbons (Fsp3) is 0.786. The van der Waals surface area contributed by atoms with E-state index in [9.17, 15) is 4.79 Å². The highest BCUT2D eigenvalue weighted by molar-refractivity contribution is 5.74. The molecule has 1 aromatic heterocycles. The summed E-state index contributed by atoms with van der Waals surface area (Å²) in [6.45, 7) is 10.3. The van der Waals surface area contributed by atoms with Crippen LogP contribution in [0.25, 0.3) is 0 Å². The van der Waals surface area contributed by atoms with Gasteiger partial charge in [-0.1, -0.05) is 32.9 Å². The Kier molecular flexibility index (Phi) is 6.64. The third kappa shape index (κ3) is 5.69. The van der Waals surface area contributed by atoms with Gasteiger partial charge in [0.25, 0.3) is 5.89 Å². The summed E-state index contributed by atoms with van der Waals surface area (Å²) in [5, 5.41) is 3.80. The standard InChI is InChI=1S/C14H24N2O4/c1-9(2)6-7-18-11(5)14(17)19-8-12-15-13(10(3)4)16-20-12/h9-11H,6-8H2,1-5H3. The number of esters is 1. The van der Waals surface area contributed by atoms with Crippen molar-refractivity contribution < 1.29 is 18.8 Å². The van der Waals surface area contributed by atoms with E-state index in [4.69, 9.17) is 14.0 Å². The molecule has 0 bridgehead atoms. The minimum atomic E-state index is -0.582. The van der Waals surface area contributed by atoms with Crippen LogP contribution in [0, 0.1) is 5.92 Å². The molecule has 114 valence electrons. The van der Waals surface area contributed by atoms with Crippen molar-refractivity contribution in [2.75, 3.05) is 6.61 Å². The van der Waals surface area contributed by atoms with Crippen LogP contribution in [0.1, 0.15) is 58.7 Å². The topological polar surface area (TPSA) is 74.5 Å². The lowest BCUT2D eigenvalue weighted by Gasteiger charge is -2.12. The first-order valence-electron chi connectivity index (χ1n) is 7.00. The number of aromatic nitrogens is 2. The molecule has 0 aliphatic rings. The van der Waals surface area contributed by atoms with Gasteiger partial charge >= 0.3 is 5.97 Å². The van der Waals surface area contributed by atoms with Gasteiger partial charge in [-0.15, -0.1) is 0 Å². The summed E-state index contributed by atoms with van der Waals surface area (Å²) >= 11 is 0. The Hall–Kier alpha value is -1.43. The largest absolute Gasteiger partial charge is 0.454 e. The van der Waals surface area contributed by atoms with Gasteiger partial charge in [0, 0.05) is 12.5 Å². The molecule has 20 heavy (non-hydrogen) atoms. The summed E-state index contributed by atoms with van der Waals surface area (Å²) in [5.74, 6) is 1.22. The minimum absolute atomic E-state index is 0.0174. The van der Waals surface area contributed by atoms with E-state index in [0.717, 1.165) is 6.42 Å². The summed E-state index contributed by atoms with van der Waals surface area (Å²) in [6, 6.07) is 0. The molecule has 0 saturated carbocycles. The van der Waals surface area contributed by atoms with E-state index in [2.05, 4.69) is 24.0 Å². The highest BCUT2D eigenvalue weighted by Gasteiger charge is 2.17. The predicted octanol–water partition coefficient (Wildman–Crippen LogP) is 2.69. The van der Waals surface area contributed by atoms with E-state index in [1.807, 2.05) is 13.8 Å². The molecule has 0 aliphatic heterocycles. The molecule has 0 N–H and O–H groups in total. The molecule has 1 unspecified atom stereocenters. The van der Waals surface area contributed by atoms with Crippen molar-refractivity contribution >= 4 is 5.97 Å². The molecule has 1 aromatic rings. The van der Waals surface area contributed by atoms with Gasteiger partial charge in [-0.3, -0.25) is 0 Å². The molecule has 0 radical (unpaired) electrons. The molecule has 6 heteroatoms. The van der Waals surface area contributed by atoms with Crippen LogP contribution >= 0.6 is 0 Å². The van der Waals surface area contributed by atoms with Gasteiger partial charge in [0.1, 0.15) is 0 Å². The molecule has 6 nitrogen and oxygen atoms in total. The Morgan fingerprint density at radius 2 is 1.95 bits per heavy atom. The van der Waals surface area contributed by atoms with Crippen molar-refractivity contribution in [3.63, 3.8) is 0 Å². The maximum absolute atomic E-state index is 11.7. The number of nitrogens with zero attached hydrogens (tertiary/aromatic N) is 2. The van der Waals surface area contributed by atoms with Crippen LogP contribution < -0.4 is 0 Å². The van der Waals surface area contributed by atoms with E-state index in [1.54, 1.807) is 6.92 Å². The smallest absolute Gasteiger partial charge is 0.335 e. The van der Waals surface area contributed by atoms with Crippen LogP contribution in [0.2, 0.25) is 0 Å². The van der Waals surface area contributed by atoms with Crippen LogP contribution in [0.3, 0.4) is 0 Å². The molecule has 1 heterocycles. The Balaban J connectivity index is 2.30. The van der Waals surface area contributed by atoms with Gasteiger partial charge < -0.3 is 14.0 Å². The van der Waals surface area contributed by atoms with E-state index < -0.39 is 12.1 Å². The number of hydrogen-bond donors (Lipinski definition) is 0. The van der Waals surface area contributed by atoms with Crippen LogP contribution in [0.15, 0.2) is 4.52 Å². The number of hydrogen-bond acceptors (Lipinski definition) is 6. The lowest BCUT2D eigenvalue weighted by molar-refractivity contribution is -0.158. The van der Waals surface area contributed by atoms with Gasteiger partial charge in [-0.05, 0) is 19.3 Å². The first-order chi connectivity index (χ1) is 9.40. The van der Waals surface area contributed by atoms with E-state index in [1.165, 1.54) is 0 Å². The van der Waals surface area contributed by atoms with E-state index in [-0.39, 0.29) is 12.5 Å². The summed E-state index contributed by atoms with van der Waals surface area (Å²) in [4.78, 5) is 15.8. The first kappa shape index (κ1) is 16.6. The second kappa shape index (κ2) is 7.99. The summed E-state index contributed by atoms with van der Waals surface area (Å²) < 4.78 is 15.5. The highest BCUT2D eigenvalue weighted by atomic mass is 16.6. The summed E-state index contributed by atoms with van der Waals surface area (Å²) in [5.41, 5.74) is 0. The molecule has 0 fully saturated rings. The molecule has 0 aromatic carbocycles. The van der Waals surface area contributed by atoms with Gasteiger partial charge in [-0.2, -0.15) is 4.98 Å². The average Bonchev–Trinajstić information content (AvgIpc) is 2.84. The maximum atomic E-state index is 11.7. The first-order valence-corrected chi connectivity index (χ1v) is 7.00. The fourth-order valence-corrected chi connectivity index (χ4v) is 1.36. The Morgan fingerprint density at radius 1 is 1.25 bits per heavy atom. The number of rotatable bonds is 8. The number of ether oxygens (including phenoxy) is 2. The van der Waals surface area contributed by atoms with Gasteiger partial charge in [-0.25, -0.2) is 4.79 Å². The van der Waals surface area contributed by atoms with Crippen molar-refractivity contribution in [1.82, 2.24) is 10.1 Å². The quantitative estimate of drug-likeness (QED) is 0.683. The van der Waals surface area contributed by atoms with Crippen molar-refractivity contribution in [2.45, 2.75) is 59.7 Å². The van der Waals surface area contributed by atoms with Crippen molar-refractivity contribution in [3.8, 4) is 0 Å². The van der Waals surface area contributed by atoms with Crippen LogP contribution in [0.4, 0.5) is 0 Å². The minimum Gasteiger partial charge on any atom is -0.454 e. The lowest BCUT2D eigenvalue weighted by atomic mass is 10.1. The SMILES string of the molecule is CC(C)CCOC(C)C(=O)OCc1nc(C(C)C)no1. The summed E-state index contributed by atoms with van der Waals surface area (Å²) in [6.07, 6.45) is 0.334. The normalized spacial score (nSPS) is 12.9. The molecule has 1 rings (SSSR count). The molecule has 1 atom stereocenters. The molecule has 0 spiro atoms. The third-order valence-corrected chi connectivity index (χ3v) is 2.73. The van der Waals surface area contributed by atoms with E-state index in [0.29, 0.717) is 24.2 Å². The van der Waals surface area contributed by atoms with Gasteiger partial charge in [0.05, 0.1) is 0 Å². The Morgan fingerprint density at radius 3 is 2.50 bits per heavy atom. The zero-order chi connectivity index (χ0) is 15.1. The molecule has 0 saturated heterocycles.